The molecule has 2 fully saturated rings. The zero-order valence-corrected chi connectivity index (χ0v) is 12.8. The summed E-state index contributed by atoms with van der Waals surface area (Å²) in [5.74, 6) is 3.24. The fraction of sp³-hybridized carbons (Fsp3) is 1.00. The molecule has 1 saturated carbocycles. The van der Waals surface area contributed by atoms with Crippen LogP contribution in [0.1, 0.15) is 53.4 Å². The summed E-state index contributed by atoms with van der Waals surface area (Å²) in [6.07, 6.45) is 5.46. The monoisotopic (exact) mass is 252 g/mol. The molecule has 0 spiro atoms. The summed E-state index contributed by atoms with van der Waals surface area (Å²) < 4.78 is 0. The van der Waals surface area contributed by atoms with E-state index in [9.17, 15) is 0 Å². The molecule has 2 rings (SSSR count). The SMILES string of the molecule is CC1CC(C)CN(C2(CN)CCCC(C)C2C)C1. The maximum absolute atomic E-state index is 6.27. The third kappa shape index (κ3) is 2.46. The van der Waals surface area contributed by atoms with Crippen LogP contribution in [0.4, 0.5) is 0 Å². The Morgan fingerprint density at radius 2 is 1.72 bits per heavy atom. The first kappa shape index (κ1) is 14.3. The summed E-state index contributed by atoms with van der Waals surface area (Å²) in [6.45, 7) is 13.1. The summed E-state index contributed by atoms with van der Waals surface area (Å²) in [6, 6.07) is 0. The molecule has 106 valence electrons. The third-order valence-electron chi connectivity index (χ3n) is 5.82. The Morgan fingerprint density at radius 3 is 2.28 bits per heavy atom. The minimum absolute atomic E-state index is 0.292. The predicted molar refractivity (Wildman–Crippen MR) is 78.5 cm³/mol. The highest BCUT2D eigenvalue weighted by atomic mass is 15.2. The van der Waals surface area contributed by atoms with Gasteiger partial charge in [0.25, 0.3) is 0 Å². The quantitative estimate of drug-likeness (QED) is 0.818. The Morgan fingerprint density at radius 1 is 1.11 bits per heavy atom. The summed E-state index contributed by atoms with van der Waals surface area (Å²) in [7, 11) is 0. The van der Waals surface area contributed by atoms with Crippen LogP contribution in [0.25, 0.3) is 0 Å². The fourth-order valence-corrected chi connectivity index (χ4v) is 4.63. The first-order valence-corrected chi connectivity index (χ1v) is 7.94. The highest BCUT2D eigenvalue weighted by molar-refractivity contribution is 5.02. The molecule has 0 radical (unpaired) electrons. The molecule has 1 heterocycles. The molecule has 2 N–H and O–H groups in total. The van der Waals surface area contributed by atoms with Crippen molar-refractivity contribution < 1.29 is 0 Å². The number of hydrogen-bond acceptors (Lipinski definition) is 2. The Labute approximate surface area is 113 Å². The Balaban J connectivity index is 2.20. The van der Waals surface area contributed by atoms with E-state index in [4.69, 9.17) is 5.73 Å². The van der Waals surface area contributed by atoms with Gasteiger partial charge in [0.15, 0.2) is 0 Å². The number of piperidine rings is 1. The largest absolute Gasteiger partial charge is 0.329 e. The van der Waals surface area contributed by atoms with Crippen molar-refractivity contribution in [2.45, 2.75) is 58.9 Å². The third-order valence-corrected chi connectivity index (χ3v) is 5.82. The molecule has 18 heavy (non-hydrogen) atoms. The minimum atomic E-state index is 0.292. The molecule has 1 aliphatic carbocycles. The van der Waals surface area contributed by atoms with Crippen LogP contribution in [0.3, 0.4) is 0 Å². The van der Waals surface area contributed by atoms with E-state index in [-0.39, 0.29) is 0 Å². The van der Waals surface area contributed by atoms with Gasteiger partial charge in [-0.15, -0.1) is 0 Å². The van der Waals surface area contributed by atoms with Crippen LogP contribution in [0.15, 0.2) is 0 Å². The van der Waals surface area contributed by atoms with Gasteiger partial charge in [0, 0.05) is 25.2 Å². The number of hydrogen-bond donors (Lipinski definition) is 1. The van der Waals surface area contributed by atoms with E-state index in [1.54, 1.807) is 0 Å². The molecule has 5 atom stereocenters. The van der Waals surface area contributed by atoms with E-state index in [1.165, 1.54) is 38.8 Å². The molecule has 0 bridgehead atoms. The van der Waals surface area contributed by atoms with Crippen molar-refractivity contribution in [3.8, 4) is 0 Å². The topological polar surface area (TPSA) is 29.3 Å². The van der Waals surface area contributed by atoms with Crippen LogP contribution in [-0.4, -0.2) is 30.1 Å². The molecule has 1 aliphatic heterocycles. The summed E-state index contributed by atoms with van der Waals surface area (Å²) in [4.78, 5) is 2.77. The van der Waals surface area contributed by atoms with Crippen molar-refractivity contribution in [3.63, 3.8) is 0 Å². The van der Waals surface area contributed by atoms with Crippen LogP contribution in [-0.2, 0) is 0 Å². The van der Waals surface area contributed by atoms with Gasteiger partial charge < -0.3 is 5.73 Å². The van der Waals surface area contributed by atoms with Gasteiger partial charge in [0.2, 0.25) is 0 Å². The van der Waals surface area contributed by atoms with Crippen LogP contribution < -0.4 is 5.73 Å². The molecular weight excluding hydrogens is 220 g/mol. The molecule has 0 aromatic rings. The van der Waals surface area contributed by atoms with Crippen LogP contribution in [0.5, 0.6) is 0 Å². The van der Waals surface area contributed by atoms with E-state index in [0.717, 1.165) is 30.2 Å². The lowest BCUT2D eigenvalue weighted by Gasteiger charge is -2.55. The summed E-state index contributed by atoms with van der Waals surface area (Å²) >= 11 is 0. The van der Waals surface area contributed by atoms with Gasteiger partial charge >= 0.3 is 0 Å². The van der Waals surface area contributed by atoms with Gasteiger partial charge in [-0.1, -0.05) is 40.5 Å². The molecule has 0 aromatic carbocycles. The predicted octanol–water partition coefficient (Wildman–Crippen LogP) is 3.12. The van der Waals surface area contributed by atoms with E-state index < -0.39 is 0 Å². The second kappa shape index (κ2) is 5.50. The second-order valence-corrected chi connectivity index (χ2v) is 7.32. The maximum atomic E-state index is 6.27. The first-order valence-electron chi connectivity index (χ1n) is 7.94. The fourth-order valence-electron chi connectivity index (χ4n) is 4.63. The first-order chi connectivity index (χ1) is 8.49. The summed E-state index contributed by atoms with van der Waals surface area (Å²) in [5.41, 5.74) is 6.56. The summed E-state index contributed by atoms with van der Waals surface area (Å²) in [5, 5.41) is 0. The van der Waals surface area contributed by atoms with E-state index >= 15 is 0 Å². The van der Waals surface area contributed by atoms with E-state index in [2.05, 4.69) is 32.6 Å². The maximum Gasteiger partial charge on any atom is 0.0359 e. The lowest BCUT2D eigenvalue weighted by molar-refractivity contribution is -0.0445. The molecule has 5 unspecified atom stereocenters. The molecule has 2 heteroatoms. The van der Waals surface area contributed by atoms with Crippen molar-refractivity contribution in [2.24, 2.45) is 29.4 Å². The average molecular weight is 252 g/mol. The molecule has 2 nitrogen and oxygen atoms in total. The number of nitrogens with two attached hydrogens (primary N) is 1. The van der Waals surface area contributed by atoms with Crippen molar-refractivity contribution in [2.75, 3.05) is 19.6 Å². The van der Waals surface area contributed by atoms with Crippen LogP contribution in [0.2, 0.25) is 0 Å². The lowest BCUT2D eigenvalue weighted by atomic mass is 9.66. The standard InChI is InChI=1S/C16H32N2/c1-12-8-13(2)10-18(9-12)16(11-17)7-5-6-14(3)15(16)4/h12-15H,5-11,17H2,1-4H3. The number of rotatable bonds is 2. The highest BCUT2D eigenvalue weighted by Crippen LogP contribution is 2.43. The highest BCUT2D eigenvalue weighted by Gasteiger charge is 2.46. The number of likely N-dealkylation sites (tertiary alicyclic amines) is 1. The van der Waals surface area contributed by atoms with Crippen molar-refractivity contribution >= 4 is 0 Å². The molecular formula is C16H32N2. The molecule has 1 saturated heterocycles. The van der Waals surface area contributed by atoms with Gasteiger partial charge in [0.1, 0.15) is 0 Å². The normalized spacial score (nSPS) is 47.2. The Kier molecular flexibility index (Phi) is 4.38. The van der Waals surface area contributed by atoms with Crippen molar-refractivity contribution in [3.05, 3.63) is 0 Å². The van der Waals surface area contributed by atoms with E-state index in [0.29, 0.717) is 5.54 Å². The average Bonchev–Trinajstić information content (AvgIpc) is 2.32. The Bertz CT molecular complexity index is 268. The minimum Gasteiger partial charge on any atom is -0.329 e. The zero-order chi connectivity index (χ0) is 13.3. The lowest BCUT2D eigenvalue weighted by Crippen LogP contribution is -2.63. The smallest absolute Gasteiger partial charge is 0.0359 e. The van der Waals surface area contributed by atoms with Crippen molar-refractivity contribution in [1.29, 1.82) is 0 Å². The second-order valence-electron chi connectivity index (χ2n) is 7.32. The van der Waals surface area contributed by atoms with Crippen LogP contribution >= 0.6 is 0 Å². The van der Waals surface area contributed by atoms with E-state index in [1.807, 2.05) is 0 Å². The number of nitrogens with zero attached hydrogens (tertiary/aromatic N) is 1. The molecule has 0 amide bonds. The van der Waals surface area contributed by atoms with Gasteiger partial charge in [-0.05, 0) is 36.5 Å². The van der Waals surface area contributed by atoms with Gasteiger partial charge in [-0.3, -0.25) is 4.90 Å². The van der Waals surface area contributed by atoms with Crippen molar-refractivity contribution in [1.82, 2.24) is 4.90 Å². The molecule has 2 aliphatic rings. The van der Waals surface area contributed by atoms with Gasteiger partial charge in [0.05, 0.1) is 0 Å². The molecule has 0 aromatic heterocycles. The Hall–Kier alpha value is -0.0800. The zero-order valence-electron chi connectivity index (χ0n) is 12.8. The van der Waals surface area contributed by atoms with Crippen LogP contribution in [0, 0.1) is 23.7 Å². The van der Waals surface area contributed by atoms with Gasteiger partial charge in [-0.2, -0.15) is 0 Å². The van der Waals surface area contributed by atoms with Gasteiger partial charge in [-0.25, -0.2) is 0 Å².